The van der Waals surface area contributed by atoms with Gasteiger partial charge in [-0.15, -0.1) is 0 Å². The predicted molar refractivity (Wildman–Crippen MR) is 246 cm³/mol. The van der Waals surface area contributed by atoms with Crippen molar-refractivity contribution < 1.29 is 100 Å². The van der Waals surface area contributed by atoms with Crippen molar-refractivity contribution in [1.29, 1.82) is 0 Å². The predicted octanol–water partition coefficient (Wildman–Crippen LogP) is 11.9. The summed E-state index contributed by atoms with van der Waals surface area (Å²) in [6.45, 7) is 4.15. The molecule has 5 aromatic carbocycles. The second kappa shape index (κ2) is 21.3. The molecule has 8 N–H and O–H groups in total. The van der Waals surface area contributed by atoms with Crippen molar-refractivity contribution in [2.24, 2.45) is 0 Å². The number of ketones is 2. The fourth-order valence-corrected chi connectivity index (χ4v) is 7.73. The van der Waals surface area contributed by atoms with Gasteiger partial charge in [-0.05, 0) is 104 Å². The second-order valence-corrected chi connectivity index (χ2v) is 18.7. The molecule has 5 rings (SSSR count). The van der Waals surface area contributed by atoms with E-state index >= 15 is 8.78 Å². The first-order valence-corrected chi connectivity index (χ1v) is 22.4. The molecule has 8 nitrogen and oxygen atoms in total. The maximum atomic E-state index is 15.1. The maximum absolute atomic E-state index is 15.1. The van der Waals surface area contributed by atoms with Gasteiger partial charge in [0.25, 0.3) is 0 Å². The Morgan fingerprint density at radius 1 is 0.421 bits per heavy atom. The molecule has 0 amide bonds. The number of benzene rings is 5. The molecule has 5 aromatic rings. The van der Waals surface area contributed by atoms with Crippen molar-refractivity contribution in [2.75, 3.05) is 11.5 Å². The molecule has 0 saturated carbocycles. The monoisotopic (exact) mass is 1100 g/mol. The number of hydrogen-bond acceptors (Lipinski definition) is 8. The number of Topliss-reactive ketones (excluding diaryl/α,β-unsaturated/α-hetero) is 2. The van der Waals surface area contributed by atoms with Gasteiger partial charge in [-0.25, -0.2) is 0 Å². The van der Waals surface area contributed by atoms with Crippen LogP contribution < -0.4 is 11.5 Å². The first-order valence-electron chi connectivity index (χ1n) is 22.4. The van der Waals surface area contributed by atoms with Crippen molar-refractivity contribution in [3.63, 3.8) is 0 Å². The molecule has 0 spiro atoms. The summed E-state index contributed by atoms with van der Waals surface area (Å²) in [4.78, 5) is 24.0. The van der Waals surface area contributed by atoms with E-state index in [0.717, 1.165) is 36.4 Å². The van der Waals surface area contributed by atoms with Crippen LogP contribution in [-0.4, -0.2) is 56.7 Å². The largest absolute Gasteiger partial charge is 0.421 e. The van der Waals surface area contributed by atoms with Crippen LogP contribution in [0.25, 0.3) is 0 Å². The molecule has 4 atom stereocenters. The maximum Gasteiger partial charge on any atom is 0.421 e. The van der Waals surface area contributed by atoms with Gasteiger partial charge < -0.3 is 31.9 Å². The Morgan fingerprint density at radius 2 is 0.697 bits per heavy atom. The molecule has 0 heterocycles. The normalized spacial score (nSPS) is 16.1. The van der Waals surface area contributed by atoms with Gasteiger partial charge in [0.2, 0.25) is 11.6 Å². The van der Waals surface area contributed by atoms with E-state index in [9.17, 15) is 91.5 Å². The molecule has 0 aliphatic rings. The molecule has 0 radical (unpaired) electrons. The van der Waals surface area contributed by atoms with Crippen molar-refractivity contribution in [1.82, 2.24) is 0 Å². The Bertz CT molecular complexity index is 2850. The van der Waals surface area contributed by atoms with E-state index in [1.165, 1.54) is 36.4 Å². The second-order valence-electron chi connectivity index (χ2n) is 18.7. The number of rotatable bonds is 15. The van der Waals surface area contributed by atoms with Crippen molar-refractivity contribution >= 4 is 22.9 Å². The summed E-state index contributed by atoms with van der Waals surface area (Å²) >= 11 is 0. The summed E-state index contributed by atoms with van der Waals surface area (Å²) in [6, 6.07) is 15.8. The van der Waals surface area contributed by atoms with E-state index in [0.29, 0.717) is 58.9 Å². The van der Waals surface area contributed by atoms with Crippen LogP contribution in [0.15, 0.2) is 97.1 Å². The lowest BCUT2D eigenvalue weighted by atomic mass is 9.84. The Morgan fingerprint density at radius 3 is 1.01 bits per heavy atom. The highest BCUT2D eigenvalue weighted by atomic mass is 19.4. The number of nitrogen functional groups attached to an aromatic ring is 2. The van der Waals surface area contributed by atoms with Gasteiger partial charge in [0.1, 0.15) is 0 Å². The van der Waals surface area contributed by atoms with Crippen molar-refractivity contribution in [2.45, 2.75) is 126 Å². The highest BCUT2D eigenvalue weighted by molar-refractivity contribution is 5.89. The molecule has 0 fully saturated rings. The van der Waals surface area contributed by atoms with Gasteiger partial charge in [-0.2, -0.15) is 70.2 Å². The lowest BCUT2D eigenvalue weighted by Crippen LogP contribution is -2.40. The highest BCUT2D eigenvalue weighted by Gasteiger charge is 2.55. The molecule has 0 saturated heterocycles. The molecule has 76 heavy (non-hydrogen) atoms. The first kappa shape index (κ1) is 62.3. The Kier molecular flexibility index (Phi) is 17.5. The summed E-state index contributed by atoms with van der Waals surface area (Å²) in [6.07, 6.45) is -22.0. The summed E-state index contributed by atoms with van der Waals surface area (Å²) in [5, 5.41) is 40.6. The minimum absolute atomic E-state index is 0.00341. The Labute approximate surface area is 424 Å². The highest BCUT2D eigenvalue weighted by Crippen LogP contribution is 2.46. The fraction of sp³-hybridized carbons (Fsp3) is 0.385. The lowest BCUT2D eigenvalue weighted by Gasteiger charge is -2.30. The molecule has 0 aliphatic carbocycles. The van der Waals surface area contributed by atoms with Gasteiger partial charge in [0, 0.05) is 47.0 Å². The topological polar surface area (TPSA) is 167 Å². The number of carbonyl (C=O) groups is 2. The molecular weight excluding hydrogens is 1050 g/mol. The number of carbonyl (C=O) groups excluding carboxylic acids is 2. The van der Waals surface area contributed by atoms with Gasteiger partial charge in [0.05, 0.1) is 0 Å². The molecule has 0 aliphatic heterocycles. The summed E-state index contributed by atoms with van der Waals surface area (Å²) in [5.41, 5.74) is -7.18. The average Bonchev–Trinajstić information content (AvgIpc) is 3.29. The van der Waals surface area contributed by atoms with E-state index in [4.69, 9.17) is 11.5 Å². The molecule has 0 aromatic heterocycles. The third-order valence-corrected chi connectivity index (χ3v) is 12.8. The van der Waals surface area contributed by atoms with Crippen LogP contribution in [-0.2, 0) is 69.5 Å². The van der Waals surface area contributed by atoms with Crippen LogP contribution in [0.5, 0.6) is 0 Å². The molecule has 416 valence electrons. The molecular formula is C52H50F16N2O6. The minimum Gasteiger partial charge on any atom is -0.398 e. The van der Waals surface area contributed by atoms with Crippen molar-refractivity contribution in [3.05, 3.63) is 164 Å². The van der Waals surface area contributed by atoms with E-state index < -0.39 is 116 Å². The van der Waals surface area contributed by atoms with Crippen LogP contribution >= 0.6 is 0 Å². The number of halogens is 16. The zero-order valence-electron chi connectivity index (χ0n) is 40.9. The third kappa shape index (κ3) is 12.8. The fourth-order valence-electron chi connectivity index (χ4n) is 7.73. The summed E-state index contributed by atoms with van der Waals surface area (Å²) in [5.74, 6) is -11.9. The van der Waals surface area contributed by atoms with Crippen LogP contribution in [0.2, 0.25) is 0 Å². The van der Waals surface area contributed by atoms with Gasteiger partial charge in [0.15, 0.2) is 22.4 Å². The number of nitrogens with two attached hydrogens (primary N) is 2. The quantitative estimate of drug-likeness (QED) is 0.0445. The minimum atomic E-state index is -5.37. The van der Waals surface area contributed by atoms with Gasteiger partial charge >= 0.3 is 36.6 Å². The zero-order valence-corrected chi connectivity index (χ0v) is 40.9. The summed E-state index contributed by atoms with van der Waals surface area (Å²) < 4.78 is 220. The van der Waals surface area contributed by atoms with E-state index in [1.54, 1.807) is 6.92 Å². The standard InChI is InChI=1S/C33H30F10O4.C19H20F6N2O2/c1-5-21-8-6-19(15-25(21)28(3,46)32(38,39)40)14-20-7-9-22(26(16-20)29(4,47)33(41,42)43)17-27(45)31(36,37)24-12-10-23(11-13-24)30(34,35)18(2)44;1-16(28,18(20,21)22)12-8-10(3-5-14(12)26)7-11-4-6-15(27)13(9-11)17(2,29)19(23,24)25/h6-13,15-16,46-47H,5,14,17H2,1-4H3;3-6,8-9,28-29H,7,26-27H2,1-2H3. The van der Waals surface area contributed by atoms with E-state index in [-0.39, 0.29) is 58.5 Å². The lowest BCUT2D eigenvalue weighted by molar-refractivity contribution is -0.259. The van der Waals surface area contributed by atoms with E-state index in [1.807, 2.05) is 0 Å². The van der Waals surface area contributed by atoms with E-state index in [2.05, 4.69) is 0 Å². The van der Waals surface area contributed by atoms with Crippen molar-refractivity contribution in [3.8, 4) is 0 Å². The molecule has 0 bridgehead atoms. The molecule has 4 unspecified atom stereocenters. The Hall–Kier alpha value is -6.24. The number of aliphatic hydroxyl groups is 4. The van der Waals surface area contributed by atoms with Crippen LogP contribution in [0.1, 0.15) is 108 Å². The number of aryl methyl sites for hydroxylation is 1. The van der Waals surface area contributed by atoms with Crippen LogP contribution in [0.3, 0.4) is 0 Å². The zero-order chi connectivity index (χ0) is 58.4. The van der Waals surface area contributed by atoms with Crippen LogP contribution in [0.4, 0.5) is 81.6 Å². The smallest absolute Gasteiger partial charge is 0.398 e. The number of hydrogen-bond donors (Lipinski definition) is 6. The SMILES string of the molecule is CC(O)(c1cc(Cc2ccc(N)c(C(C)(O)C(F)(F)F)c2)ccc1N)C(F)(F)F.CCc1ccc(Cc2ccc(CC(=O)C(F)(F)c3ccc(C(F)(F)C(C)=O)cc3)c(C(C)(O)C(F)(F)F)c2)cc1C(C)(O)C(F)(F)F. The van der Waals surface area contributed by atoms with Crippen LogP contribution in [0, 0.1) is 0 Å². The number of alkyl halides is 16. The first-order chi connectivity index (χ1) is 34.3. The Balaban J connectivity index is 0.000000368. The number of anilines is 2. The van der Waals surface area contributed by atoms with Gasteiger partial charge in [-0.1, -0.05) is 91.9 Å². The molecule has 24 heteroatoms. The third-order valence-electron chi connectivity index (χ3n) is 12.8. The van der Waals surface area contributed by atoms with Gasteiger partial charge in [-0.3, -0.25) is 9.59 Å². The summed E-state index contributed by atoms with van der Waals surface area (Å²) in [7, 11) is 0. The average molecular weight is 1100 g/mol.